The average molecular weight is 234 g/mol. The molecular formula is C8H9BrFNO. The van der Waals surface area contributed by atoms with E-state index in [2.05, 4.69) is 15.9 Å². The Morgan fingerprint density at radius 3 is 2.75 bits per heavy atom. The summed E-state index contributed by atoms with van der Waals surface area (Å²) < 4.78 is 13.1. The summed E-state index contributed by atoms with van der Waals surface area (Å²) in [6.07, 6.45) is 0.482. The Bertz CT molecular complexity index is 291. The van der Waals surface area contributed by atoms with E-state index >= 15 is 0 Å². The normalized spacial score (nSPS) is 10.2. The van der Waals surface area contributed by atoms with Crippen LogP contribution in [0, 0.1) is 5.82 Å². The van der Waals surface area contributed by atoms with Crippen molar-refractivity contribution in [3.05, 3.63) is 28.0 Å². The minimum absolute atomic E-state index is 0.0775. The summed E-state index contributed by atoms with van der Waals surface area (Å²) in [6.45, 7) is 0.397. The van der Waals surface area contributed by atoms with Crippen LogP contribution in [0.4, 0.5) is 4.39 Å². The van der Waals surface area contributed by atoms with Crippen LogP contribution in [0.15, 0.2) is 16.6 Å². The molecule has 0 heterocycles. The summed E-state index contributed by atoms with van der Waals surface area (Å²) >= 11 is 2.97. The number of rotatable bonds is 2. The Hall–Kier alpha value is -0.610. The number of phenols is 1. The molecule has 0 aliphatic rings. The molecule has 0 unspecified atom stereocenters. The van der Waals surface area contributed by atoms with Gasteiger partial charge in [-0.05, 0) is 46.6 Å². The molecule has 1 rings (SSSR count). The Kier molecular flexibility index (Phi) is 3.05. The average Bonchev–Trinajstić information content (AvgIpc) is 2.01. The van der Waals surface area contributed by atoms with Crippen molar-refractivity contribution >= 4 is 15.9 Å². The smallest absolute Gasteiger partial charge is 0.137 e. The van der Waals surface area contributed by atoms with E-state index < -0.39 is 0 Å². The molecule has 3 N–H and O–H groups in total. The van der Waals surface area contributed by atoms with Gasteiger partial charge in [0.15, 0.2) is 0 Å². The molecule has 1 aromatic carbocycles. The van der Waals surface area contributed by atoms with Crippen LogP contribution in [0.1, 0.15) is 5.56 Å². The molecule has 0 fully saturated rings. The highest BCUT2D eigenvalue weighted by molar-refractivity contribution is 9.10. The first-order valence-corrected chi connectivity index (χ1v) is 4.31. The van der Waals surface area contributed by atoms with Gasteiger partial charge >= 0.3 is 0 Å². The fourth-order valence-corrected chi connectivity index (χ4v) is 1.26. The zero-order valence-corrected chi connectivity index (χ0v) is 7.94. The standard InChI is InChI=1S/C8H9BrFNO/c9-6-4-8(12)5(1-2-11)3-7(6)10/h3-4,12H,1-2,11H2. The lowest BCUT2D eigenvalue weighted by Gasteiger charge is -2.03. The van der Waals surface area contributed by atoms with Gasteiger partial charge in [0, 0.05) is 0 Å². The second kappa shape index (κ2) is 3.87. The van der Waals surface area contributed by atoms with E-state index in [-0.39, 0.29) is 16.0 Å². The topological polar surface area (TPSA) is 46.2 Å². The maximum absolute atomic E-state index is 12.9. The predicted octanol–water partition coefficient (Wildman–Crippen LogP) is 1.79. The van der Waals surface area contributed by atoms with Crippen molar-refractivity contribution in [3.63, 3.8) is 0 Å². The molecule has 0 saturated heterocycles. The van der Waals surface area contributed by atoms with Gasteiger partial charge in [0.05, 0.1) is 4.47 Å². The molecule has 0 atom stereocenters. The molecule has 0 aromatic heterocycles. The van der Waals surface area contributed by atoms with E-state index in [0.717, 1.165) is 0 Å². The number of halogens is 2. The molecule has 12 heavy (non-hydrogen) atoms. The number of phenolic OH excluding ortho intramolecular Hbond substituents is 1. The molecule has 66 valence electrons. The van der Waals surface area contributed by atoms with Crippen LogP contribution in [0.2, 0.25) is 0 Å². The highest BCUT2D eigenvalue weighted by Crippen LogP contribution is 2.25. The van der Waals surface area contributed by atoms with Gasteiger partial charge in [-0.2, -0.15) is 0 Å². The molecule has 0 aliphatic heterocycles. The van der Waals surface area contributed by atoms with Crippen molar-refractivity contribution in [2.75, 3.05) is 6.54 Å². The number of aromatic hydroxyl groups is 1. The van der Waals surface area contributed by atoms with Crippen LogP contribution < -0.4 is 5.73 Å². The predicted molar refractivity (Wildman–Crippen MR) is 48.5 cm³/mol. The molecule has 0 bridgehead atoms. The lowest BCUT2D eigenvalue weighted by atomic mass is 10.1. The molecule has 2 nitrogen and oxygen atoms in total. The Morgan fingerprint density at radius 2 is 2.17 bits per heavy atom. The van der Waals surface area contributed by atoms with Crippen LogP contribution in [0.25, 0.3) is 0 Å². The second-order valence-electron chi connectivity index (χ2n) is 2.43. The number of nitrogens with two attached hydrogens (primary N) is 1. The zero-order chi connectivity index (χ0) is 9.14. The van der Waals surface area contributed by atoms with Gasteiger partial charge in [0.25, 0.3) is 0 Å². The molecule has 1 aromatic rings. The summed E-state index contributed by atoms with van der Waals surface area (Å²) in [6, 6.07) is 2.62. The number of hydrogen-bond donors (Lipinski definition) is 2. The van der Waals surface area contributed by atoms with Gasteiger partial charge in [0.2, 0.25) is 0 Å². The van der Waals surface area contributed by atoms with Crippen molar-refractivity contribution in [1.82, 2.24) is 0 Å². The van der Waals surface area contributed by atoms with Crippen molar-refractivity contribution in [2.45, 2.75) is 6.42 Å². The maximum Gasteiger partial charge on any atom is 0.137 e. The molecule has 0 spiro atoms. The molecular weight excluding hydrogens is 225 g/mol. The molecule has 0 radical (unpaired) electrons. The number of hydrogen-bond acceptors (Lipinski definition) is 2. The van der Waals surface area contributed by atoms with Crippen LogP contribution in [-0.4, -0.2) is 11.7 Å². The van der Waals surface area contributed by atoms with Gasteiger partial charge in [-0.25, -0.2) is 4.39 Å². The van der Waals surface area contributed by atoms with E-state index in [9.17, 15) is 9.50 Å². The van der Waals surface area contributed by atoms with Crippen molar-refractivity contribution in [3.8, 4) is 5.75 Å². The molecule has 0 saturated carbocycles. The monoisotopic (exact) mass is 233 g/mol. The summed E-state index contributed by atoms with van der Waals surface area (Å²) in [4.78, 5) is 0. The minimum Gasteiger partial charge on any atom is -0.508 e. The van der Waals surface area contributed by atoms with Crippen molar-refractivity contribution in [1.29, 1.82) is 0 Å². The van der Waals surface area contributed by atoms with Crippen LogP contribution >= 0.6 is 15.9 Å². The zero-order valence-electron chi connectivity index (χ0n) is 6.35. The third-order valence-electron chi connectivity index (χ3n) is 1.54. The lowest BCUT2D eigenvalue weighted by molar-refractivity contribution is 0.464. The lowest BCUT2D eigenvalue weighted by Crippen LogP contribution is -2.03. The summed E-state index contributed by atoms with van der Waals surface area (Å²) in [5.74, 6) is -0.301. The van der Waals surface area contributed by atoms with E-state index in [1.165, 1.54) is 12.1 Å². The van der Waals surface area contributed by atoms with Crippen LogP contribution in [0.5, 0.6) is 5.75 Å². The van der Waals surface area contributed by atoms with Crippen LogP contribution in [-0.2, 0) is 6.42 Å². The van der Waals surface area contributed by atoms with Gasteiger partial charge in [0.1, 0.15) is 11.6 Å². The summed E-state index contributed by atoms with van der Waals surface area (Å²) in [7, 11) is 0. The largest absolute Gasteiger partial charge is 0.508 e. The van der Waals surface area contributed by atoms with E-state index in [1.807, 2.05) is 0 Å². The van der Waals surface area contributed by atoms with Crippen molar-refractivity contribution in [2.24, 2.45) is 5.73 Å². The first kappa shape index (κ1) is 9.48. The van der Waals surface area contributed by atoms with Crippen molar-refractivity contribution < 1.29 is 9.50 Å². The highest BCUT2D eigenvalue weighted by Gasteiger charge is 2.05. The third kappa shape index (κ3) is 1.95. The molecule has 0 aliphatic carbocycles. The summed E-state index contributed by atoms with van der Waals surface area (Å²) in [5, 5.41) is 9.29. The quantitative estimate of drug-likeness (QED) is 0.819. The fourth-order valence-electron chi connectivity index (χ4n) is 0.933. The van der Waals surface area contributed by atoms with Crippen LogP contribution in [0.3, 0.4) is 0 Å². The molecule has 0 amide bonds. The first-order chi connectivity index (χ1) is 5.65. The van der Waals surface area contributed by atoms with Gasteiger partial charge < -0.3 is 10.8 Å². The van der Waals surface area contributed by atoms with E-state index in [0.29, 0.717) is 18.5 Å². The Morgan fingerprint density at radius 1 is 1.50 bits per heavy atom. The fraction of sp³-hybridized carbons (Fsp3) is 0.250. The Balaban J connectivity index is 3.05. The van der Waals surface area contributed by atoms with Gasteiger partial charge in [-0.15, -0.1) is 0 Å². The van der Waals surface area contributed by atoms with E-state index in [1.54, 1.807) is 0 Å². The Labute approximate surface area is 78.3 Å². The number of benzene rings is 1. The first-order valence-electron chi connectivity index (χ1n) is 3.52. The SMILES string of the molecule is NCCc1cc(F)c(Br)cc1O. The minimum atomic E-state index is -0.378. The van der Waals surface area contributed by atoms with E-state index in [4.69, 9.17) is 5.73 Å². The highest BCUT2D eigenvalue weighted by atomic mass is 79.9. The van der Waals surface area contributed by atoms with Gasteiger partial charge in [-0.1, -0.05) is 0 Å². The third-order valence-corrected chi connectivity index (χ3v) is 2.14. The molecule has 4 heteroatoms. The second-order valence-corrected chi connectivity index (χ2v) is 3.29. The van der Waals surface area contributed by atoms with Gasteiger partial charge in [-0.3, -0.25) is 0 Å². The maximum atomic E-state index is 12.9. The summed E-state index contributed by atoms with van der Waals surface area (Å²) in [5.41, 5.74) is 5.81.